The number of benzene rings is 1. The fourth-order valence-corrected chi connectivity index (χ4v) is 3.31. The minimum absolute atomic E-state index is 0.202. The molecule has 0 radical (unpaired) electrons. The summed E-state index contributed by atoms with van der Waals surface area (Å²) in [6.45, 7) is 2.76. The molecule has 0 aliphatic carbocycles. The first-order valence-electron chi connectivity index (χ1n) is 7.81. The van der Waals surface area contributed by atoms with Gasteiger partial charge >= 0.3 is 0 Å². The Morgan fingerprint density at radius 3 is 2.87 bits per heavy atom. The lowest BCUT2D eigenvalue weighted by atomic mass is 10.2. The van der Waals surface area contributed by atoms with Gasteiger partial charge in [-0.25, -0.2) is 4.98 Å². The van der Waals surface area contributed by atoms with Crippen LogP contribution in [0.15, 0.2) is 46.5 Å². The maximum absolute atomic E-state index is 12.1. The van der Waals surface area contributed by atoms with Gasteiger partial charge in [0.2, 0.25) is 5.75 Å². The number of hydrogen-bond acceptors (Lipinski definition) is 5. The van der Waals surface area contributed by atoms with Crippen LogP contribution in [-0.4, -0.2) is 22.9 Å². The summed E-state index contributed by atoms with van der Waals surface area (Å²) in [6.07, 6.45) is 4.05. The summed E-state index contributed by atoms with van der Waals surface area (Å²) in [6, 6.07) is 10.1. The number of thioether (sulfide) groups is 1. The van der Waals surface area contributed by atoms with Gasteiger partial charge in [-0.05, 0) is 25.3 Å². The molecule has 0 amide bonds. The Labute approximate surface area is 139 Å². The molecule has 1 aliphatic rings. The molecule has 2 unspecified atom stereocenters. The summed E-state index contributed by atoms with van der Waals surface area (Å²) in [5.74, 6) is 0.216. The van der Waals surface area contributed by atoms with E-state index < -0.39 is 0 Å². The molecule has 1 fully saturated rings. The van der Waals surface area contributed by atoms with Crippen molar-refractivity contribution in [3.8, 4) is 5.75 Å². The number of aromatic nitrogens is 2. The zero-order chi connectivity index (χ0) is 16.1. The predicted octanol–water partition coefficient (Wildman–Crippen LogP) is 3.53. The highest BCUT2D eigenvalue weighted by Crippen LogP contribution is 2.32. The van der Waals surface area contributed by atoms with Crippen LogP contribution in [0.5, 0.6) is 5.75 Å². The second-order valence-corrected chi connectivity index (χ2v) is 6.80. The van der Waals surface area contributed by atoms with Gasteiger partial charge in [-0.2, -0.15) is 0 Å². The standard InChI is InChI=1S/C17H20N2O3S/c1-12(13-7-3-2-4-8-13)23-17-18-11-14(16(20)19-17)22-15-9-5-6-10-21-15/h2-4,7-8,11-12,15H,5-6,9-10H2,1H3,(H,18,19,20). The van der Waals surface area contributed by atoms with Crippen molar-refractivity contribution in [2.75, 3.05) is 6.61 Å². The molecule has 1 aromatic heterocycles. The summed E-state index contributed by atoms with van der Waals surface area (Å²) in [7, 11) is 0. The van der Waals surface area contributed by atoms with Crippen LogP contribution in [-0.2, 0) is 4.74 Å². The van der Waals surface area contributed by atoms with Crippen LogP contribution in [0, 0.1) is 0 Å². The average Bonchev–Trinajstić information content (AvgIpc) is 2.59. The molecule has 2 heterocycles. The third kappa shape index (κ3) is 4.36. The van der Waals surface area contributed by atoms with Crippen molar-refractivity contribution in [3.05, 3.63) is 52.4 Å². The molecule has 1 saturated heterocycles. The Bertz CT molecular complexity index is 684. The summed E-state index contributed by atoms with van der Waals surface area (Å²) < 4.78 is 11.1. The van der Waals surface area contributed by atoms with Crippen LogP contribution < -0.4 is 10.3 Å². The summed E-state index contributed by atoms with van der Waals surface area (Å²) in [5.41, 5.74) is 0.924. The molecular weight excluding hydrogens is 312 g/mol. The van der Waals surface area contributed by atoms with E-state index in [0.29, 0.717) is 11.8 Å². The first kappa shape index (κ1) is 16.1. The SMILES string of the molecule is CC(Sc1ncc(OC2CCCCO2)c(=O)[nH]1)c1ccccc1. The molecule has 0 saturated carbocycles. The average molecular weight is 332 g/mol. The molecular formula is C17H20N2O3S. The quantitative estimate of drug-likeness (QED) is 0.670. The first-order chi connectivity index (χ1) is 11.2. The Kier molecular flexibility index (Phi) is 5.35. The van der Waals surface area contributed by atoms with Crippen molar-refractivity contribution in [3.63, 3.8) is 0 Å². The van der Waals surface area contributed by atoms with E-state index >= 15 is 0 Å². The Morgan fingerprint density at radius 2 is 2.17 bits per heavy atom. The van der Waals surface area contributed by atoms with Gasteiger partial charge in [-0.3, -0.25) is 9.78 Å². The lowest BCUT2D eigenvalue weighted by Gasteiger charge is -2.22. The van der Waals surface area contributed by atoms with Crippen LogP contribution in [0.4, 0.5) is 0 Å². The van der Waals surface area contributed by atoms with Gasteiger partial charge in [0.15, 0.2) is 11.4 Å². The molecule has 2 atom stereocenters. The lowest BCUT2D eigenvalue weighted by Crippen LogP contribution is -2.27. The number of H-pyrrole nitrogens is 1. The molecule has 2 aromatic rings. The smallest absolute Gasteiger partial charge is 0.294 e. The number of nitrogens with zero attached hydrogens (tertiary/aromatic N) is 1. The molecule has 0 spiro atoms. The fourth-order valence-electron chi connectivity index (χ4n) is 2.42. The van der Waals surface area contributed by atoms with Crippen LogP contribution in [0.1, 0.15) is 37.0 Å². The minimum atomic E-state index is -0.339. The normalized spacial score (nSPS) is 19.3. The Morgan fingerprint density at radius 1 is 1.35 bits per heavy atom. The second kappa shape index (κ2) is 7.66. The van der Waals surface area contributed by atoms with Gasteiger partial charge in [0.1, 0.15) is 0 Å². The number of ether oxygens (including phenoxy) is 2. The van der Waals surface area contributed by atoms with Crippen molar-refractivity contribution >= 4 is 11.8 Å². The highest BCUT2D eigenvalue weighted by atomic mass is 32.2. The highest BCUT2D eigenvalue weighted by molar-refractivity contribution is 7.99. The molecule has 23 heavy (non-hydrogen) atoms. The molecule has 0 bridgehead atoms. The number of rotatable bonds is 5. The fraction of sp³-hybridized carbons (Fsp3) is 0.412. The van der Waals surface area contributed by atoms with Crippen molar-refractivity contribution in [2.45, 2.75) is 42.9 Å². The summed E-state index contributed by atoms with van der Waals surface area (Å²) in [5, 5.41) is 0.788. The lowest BCUT2D eigenvalue weighted by molar-refractivity contribution is -0.106. The maximum atomic E-state index is 12.1. The number of hydrogen-bond donors (Lipinski definition) is 1. The number of aromatic amines is 1. The maximum Gasteiger partial charge on any atom is 0.294 e. The topological polar surface area (TPSA) is 64.2 Å². The molecule has 1 N–H and O–H groups in total. The second-order valence-electron chi connectivity index (χ2n) is 5.47. The van der Waals surface area contributed by atoms with Gasteiger partial charge in [0.25, 0.3) is 5.56 Å². The Hall–Kier alpha value is -1.79. The van der Waals surface area contributed by atoms with Gasteiger partial charge in [0.05, 0.1) is 12.8 Å². The molecule has 6 heteroatoms. The number of nitrogens with one attached hydrogen (secondary N) is 1. The van der Waals surface area contributed by atoms with E-state index in [4.69, 9.17) is 9.47 Å². The summed E-state index contributed by atoms with van der Waals surface area (Å²) in [4.78, 5) is 19.2. The van der Waals surface area contributed by atoms with Crippen LogP contribution in [0.2, 0.25) is 0 Å². The van der Waals surface area contributed by atoms with Crippen molar-refractivity contribution in [1.82, 2.24) is 9.97 Å². The van der Waals surface area contributed by atoms with E-state index in [1.165, 1.54) is 23.5 Å². The van der Waals surface area contributed by atoms with Crippen molar-refractivity contribution in [2.24, 2.45) is 0 Å². The zero-order valence-corrected chi connectivity index (χ0v) is 13.8. The van der Waals surface area contributed by atoms with Crippen molar-refractivity contribution < 1.29 is 9.47 Å². The van der Waals surface area contributed by atoms with Gasteiger partial charge in [-0.1, -0.05) is 42.1 Å². The zero-order valence-electron chi connectivity index (χ0n) is 13.0. The van der Waals surface area contributed by atoms with E-state index in [1.807, 2.05) is 18.2 Å². The van der Waals surface area contributed by atoms with Crippen LogP contribution in [0.25, 0.3) is 0 Å². The molecule has 1 aromatic carbocycles. The van der Waals surface area contributed by atoms with E-state index in [0.717, 1.165) is 19.3 Å². The molecule has 1 aliphatic heterocycles. The van der Waals surface area contributed by atoms with E-state index in [-0.39, 0.29) is 22.8 Å². The van der Waals surface area contributed by atoms with E-state index in [2.05, 4.69) is 29.0 Å². The van der Waals surface area contributed by atoms with Crippen molar-refractivity contribution in [1.29, 1.82) is 0 Å². The monoisotopic (exact) mass is 332 g/mol. The first-order valence-corrected chi connectivity index (χ1v) is 8.69. The van der Waals surface area contributed by atoms with Gasteiger partial charge in [0, 0.05) is 11.7 Å². The highest BCUT2D eigenvalue weighted by Gasteiger charge is 2.17. The van der Waals surface area contributed by atoms with E-state index in [9.17, 15) is 4.79 Å². The summed E-state index contributed by atoms with van der Waals surface area (Å²) >= 11 is 1.51. The molecule has 3 rings (SSSR count). The Balaban J connectivity index is 1.65. The van der Waals surface area contributed by atoms with E-state index in [1.54, 1.807) is 0 Å². The third-order valence-electron chi connectivity index (χ3n) is 3.70. The van der Waals surface area contributed by atoms with Crippen LogP contribution in [0.3, 0.4) is 0 Å². The predicted molar refractivity (Wildman–Crippen MR) is 89.8 cm³/mol. The molecule has 122 valence electrons. The largest absolute Gasteiger partial charge is 0.458 e. The molecule has 5 nitrogen and oxygen atoms in total. The minimum Gasteiger partial charge on any atom is -0.458 e. The van der Waals surface area contributed by atoms with Gasteiger partial charge < -0.3 is 9.47 Å². The third-order valence-corrected chi connectivity index (χ3v) is 4.75. The van der Waals surface area contributed by atoms with Gasteiger partial charge in [-0.15, -0.1) is 0 Å². The van der Waals surface area contributed by atoms with Crippen LogP contribution >= 0.6 is 11.8 Å².